The molecular formula is C36H32O4. The van der Waals surface area contributed by atoms with Crippen molar-refractivity contribution >= 4 is 6.08 Å². The Balaban J connectivity index is 1.25. The van der Waals surface area contributed by atoms with Gasteiger partial charge in [-0.3, -0.25) is 0 Å². The molecule has 5 rings (SSSR count). The van der Waals surface area contributed by atoms with E-state index in [1.54, 1.807) is 12.1 Å². The molecule has 0 aliphatic rings. The zero-order valence-corrected chi connectivity index (χ0v) is 22.3. The molecule has 0 aliphatic carbocycles. The van der Waals surface area contributed by atoms with Crippen LogP contribution in [0.15, 0.2) is 133 Å². The fourth-order valence-electron chi connectivity index (χ4n) is 4.22. The van der Waals surface area contributed by atoms with Gasteiger partial charge in [0, 0.05) is 6.07 Å². The summed E-state index contributed by atoms with van der Waals surface area (Å²) >= 11 is 0. The Bertz CT molecular complexity index is 1510. The van der Waals surface area contributed by atoms with Crippen molar-refractivity contribution in [3.63, 3.8) is 0 Å². The predicted octanol–water partition coefficient (Wildman–Crippen LogP) is 8.39. The standard InChI is InChI=1S/C36H32O4/c37-34-23-28(19-22-35(34)39-26-30-13-6-2-7-14-30)17-10-18-32-20-21-33(38-25-29-11-4-1-5-12-29)24-36(32)40-27-31-15-8-3-9-16-31/h1-17,19-24,37H,18,25-27H2/b17-10+. The van der Waals surface area contributed by atoms with Crippen LogP contribution >= 0.6 is 0 Å². The second-order valence-corrected chi connectivity index (χ2v) is 9.43. The molecule has 4 heteroatoms. The Morgan fingerprint density at radius 3 is 1.65 bits per heavy atom. The van der Waals surface area contributed by atoms with E-state index in [1.165, 1.54) is 0 Å². The summed E-state index contributed by atoms with van der Waals surface area (Å²) in [6, 6.07) is 41.5. The van der Waals surface area contributed by atoms with Crippen LogP contribution in [0.3, 0.4) is 0 Å². The van der Waals surface area contributed by atoms with Crippen molar-refractivity contribution in [1.82, 2.24) is 0 Å². The number of allylic oxidation sites excluding steroid dienone is 1. The molecule has 200 valence electrons. The summed E-state index contributed by atoms with van der Waals surface area (Å²) in [6.07, 6.45) is 4.71. The Morgan fingerprint density at radius 1 is 0.525 bits per heavy atom. The number of phenolic OH excluding ortho intramolecular Hbond substituents is 1. The van der Waals surface area contributed by atoms with Gasteiger partial charge in [-0.2, -0.15) is 0 Å². The molecule has 0 aliphatic heterocycles. The Morgan fingerprint density at radius 2 is 1.07 bits per heavy atom. The molecule has 5 aromatic carbocycles. The molecule has 0 aromatic heterocycles. The number of hydrogen-bond acceptors (Lipinski definition) is 4. The highest BCUT2D eigenvalue weighted by Crippen LogP contribution is 2.30. The zero-order valence-electron chi connectivity index (χ0n) is 22.3. The van der Waals surface area contributed by atoms with Crippen LogP contribution in [0.5, 0.6) is 23.0 Å². The molecule has 0 radical (unpaired) electrons. The normalized spacial score (nSPS) is 10.9. The maximum Gasteiger partial charge on any atom is 0.161 e. The summed E-state index contributed by atoms with van der Waals surface area (Å²) in [7, 11) is 0. The van der Waals surface area contributed by atoms with Crippen molar-refractivity contribution in [2.75, 3.05) is 0 Å². The van der Waals surface area contributed by atoms with Crippen LogP contribution in [0.4, 0.5) is 0 Å². The van der Waals surface area contributed by atoms with Crippen molar-refractivity contribution in [3.05, 3.63) is 161 Å². The lowest BCUT2D eigenvalue weighted by atomic mass is 10.1. The first-order valence-corrected chi connectivity index (χ1v) is 13.4. The third kappa shape index (κ3) is 7.78. The van der Waals surface area contributed by atoms with Crippen LogP contribution in [0, 0.1) is 0 Å². The molecule has 0 atom stereocenters. The fraction of sp³-hybridized carbons (Fsp3) is 0.111. The van der Waals surface area contributed by atoms with E-state index < -0.39 is 0 Å². The van der Waals surface area contributed by atoms with Crippen LogP contribution < -0.4 is 14.2 Å². The first kappa shape index (κ1) is 26.6. The number of phenols is 1. The second kappa shape index (κ2) is 13.7. The van der Waals surface area contributed by atoms with E-state index in [-0.39, 0.29) is 5.75 Å². The minimum absolute atomic E-state index is 0.116. The van der Waals surface area contributed by atoms with E-state index in [0.29, 0.717) is 32.0 Å². The maximum atomic E-state index is 10.5. The lowest BCUT2D eigenvalue weighted by molar-refractivity contribution is 0.288. The van der Waals surface area contributed by atoms with Gasteiger partial charge in [-0.1, -0.05) is 115 Å². The van der Waals surface area contributed by atoms with Gasteiger partial charge in [0.2, 0.25) is 0 Å². The first-order valence-electron chi connectivity index (χ1n) is 13.4. The third-order valence-electron chi connectivity index (χ3n) is 6.39. The van der Waals surface area contributed by atoms with Crippen molar-refractivity contribution in [1.29, 1.82) is 0 Å². The number of aromatic hydroxyl groups is 1. The van der Waals surface area contributed by atoms with Gasteiger partial charge in [0.15, 0.2) is 11.5 Å². The lowest BCUT2D eigenvalue weighted by Crippen LogP contribution is -2.00. The number of hydrogen-bond donors (Lipinski definition) is 1. The summed E-state index contributed by atoms with van der Waals surface area (Å²) in [5.41, 5.74) is 5.20. The lowest BCUT2D eigenvalue weighted by Gasteiger charge is -2.14. The van der Waals surface area contributed by atoms with Crippen LogP contribution in [-0.4, -0.2) is 5.11 Å². The van der Waals surface area contributed by atoms with Crippen molar-refractivity contribution in [2.45, 2.75) is 26.2 Å². The largest absolute Gasteiger partial charge is 0.504 e. The number of rotatable bonds is 12. The minimum Gasteiger partial charge on any atom is -0.504 e. The highest BCUT2D eigenvalue weighted by Gasteiger charge is 2.08. The summed E-state index contributed by atoms with van der Waals surface area (Å²) in [5, 5.41) is 10.5. The number of benzene rings is 5. The molecule has 0 heterocycles. The maximum absolute atomic E-state index is 10.5. The highest BCUT2D eigenvalue weighted by molar-refractivity contribution is 5.56. The Kier molecular flexibility index (Phi) is 9.14. The molecule has 0 amide bonds. The SMILES string of the molecule is Oc1cc(/C=C/Cc2ccc(OCc3ccccc3)cc2OCc2ccccc2)ccc1OCc1ccccc1. The van der Waals surface area contributed by atoms with Gasteiger partial charge in [-0.05, 0) is 52.4 Å². The minimum atomic E-state index is 0.116. The highest BCUT2D eigenvalue weighted by atomic mass is 16.5. The van der Waals surface area contributed by atoms with Gasteiger partial charge >= 0.3 is 0 Å². The average Bonchev–Trinajstić information content (AvgIpc) is 3.01. The predicted molar refractivity (Wildman–Crippen MR) is 160 cm³/mol. The van der Waals surface area contributed by atoms with E-state index >= 15 is 0 Å². The molecule has 1 N–H and O–H groups in total. The van der Waals surface area contributed by atoms with Crippen LogP contribution in [0.25, 0.3) is 6.08 Å². The molecular weight excluding hydrogens is 496 g/mol. The topological polar surface area (TPSA) is 47.9 Å². The van der Waals surface area contributed by atoms with E-state index in [2.05, 4.69) is 18.2 Å². The van der Waals surface area contributed by atoms with Gasteiger partial charge in [0.05, 0.1) is 0 Å². The molecule has 0 fully saturated rings. The van der Waals surface area contributed by atoms with Crippen molar-refractivity contribution in [3.8, 4) is 23.0 Å². The average molecular weight is 529 g/mol. The van der Waals surface area contributed by atoms with Crippen molar-refractivity contribution < 1.29 is 19.3 Å². The van der Waals surface area contributed by atoms with Gasteiger partial charge in [0.25, 0.3) is 0 Å². The van der Waals surface area contributed by atoms with Crippen LogP contribution in [0.2, 0.25) is 0 Å². The molecule has 5 aromatic rings. The summed E-state index contributed by atoms with van der Waals surface area (Å²) in [6.45, 7) is 1.37. The number of ether oxygens (including phenoxy) is 3. The Hall–Kier alpha value is -4.96. The molecule has 0 bridgehead atoms. The van der Waals surface area contributed by atoms with Gasteiger partial charge < -0.3 is 19.3 Å². The smallest absolute Gasteiger partial charge is 0.161 e. The van der Waals surface area contributed by atoms with Crippen LogP contribution in [0.1, 0.15) is 27.8 Å². The van der Waals surface area contributed by atoms with Crippen molar-refractivity contribution in [2.24, 2.45) is 0 Å². The monoisotopic (exact) mass is 528 g/mol. The quantitative estimate of drug-likeness (QED) is 0.177. The molecule has 4 nitrogen and oxygen atoms in total. The molecule has 40 heavy (non-hydrogen) atoms. The molecule has 0 spiro atoms. The summed E-state index contributed by atoms with van der Waals surface area (Å²) in [5.74, 6) is 2.12. The van der Waals surface area contributed by atoms with E-state index in [9.17, 15) is 5.11 Å². The first-order chi connectivity index (χ1) is 19.7. The third-order valence-corrected chi connectivity index (χ3v) is 6.39. The van der Waals surface area contributed by atoms with Gasteiger partial charge in [-0.15, -0.1) is 0 Å². The van der Waals surface area contributed by atoms with E-state index in [0.717, 1.165) is 39.3 Å². The van der Waals surface area contributed by atoms with Gasteiger partial charge in [-0.25, -0.2) is 0 Å². The Labute approximate surface area is 235 Å². The summed E-state index contributed by atoms with van der Waals surface area (Å²) in [4.78, 5) is 0. The second-order valence-electron chi connectivity index (χ2n) is 9.43. The molecule has 0 saturated carbocycles. The fourth-order valence-corrected chi connectivity index (χ4v) is 4.22. The summed E-state index contributed by atoms with van der Waals surface area (Å²) < 4.78 is 18.1. The molecule has 0 unspecified atom stereocenters. The van der Waals surface area contributed by atoms with Gasteiger partial charge in [0.1, 0.15) is 31.3 Å². The van der Waals surface area contributed by atoms with Crippen LogP contribution in [-0.2, 0) is 26.2 Å². The molecule has 0 saturated heterocycles. The van der Waals surface area contributed by atoms with E-state index in [1.807, 2.05) is 109 Å². The zero-order chi connectivity index (χ0) is 27.4. The van der Waals surface area contributed by atoms with E-state index in [4.69, 9.17) is 14.2 Å².